The number of nitrogens with zero attached hydrogens (tertiary/aromatic N) is 1. The van der Waals surface area contributed by atoms with E-state index < -0.39 is 8.07 Å². The summed E-state index contributed by atoms with van der Waals surface area (Å²) in [7, 11) is -0.914. The fourth-order valence-corrected chi connectivity index (χ4v) is 3.96. The molecular formula is C12H19NSi. The molecule has 1 aliphatic rings. The Morgan fingerprint density at radius 2 is 1.86 bits per heavy atom. The predicted octanol–water partition coefficient (Wildman–Crippen LogP) is 2.75. The van der Waals surface area contributed by atoms with E-state index in [0.717, 1.165) is 12.2 Å². The van der Waals surface area contributed by atoms with E-state index in [1.807, 2.05) is 0 Å². The summed E-state index contributed by atoms with van der Waals surface area (Å²) >= 11 is 0. The Morgan fingerprint density at radius 3 is 2.36 bits per heavy atom. The SMILES string of the molecule is C[Si](C)(C)[C@@H]1CN1Cc1ccccc1. The van der Waals surface area contributed by atoms with Gasteiger partial charge in [0.15, 0.2) is 0 Å². The van der Waals surface area contributed by atoms with Crippen molar-refractivity contribution in [1.82, 2.24) is 4.90 Å². The quantitative estimate of drug-likeness (QED) is 0.541. The molecule has 1 fully saturated rings. The highest BCUT2D eigenvalue weighted by Gasteiger charge is 2.43. The minimum atomic E-state index is -0.914. The Bertz CT molecular complexity index is 302. The van der Waals surface area contributed by atoms with E-state index in [4.69, 9.17) is 0 Å². The van der Waals surface area contributed by atoms with Crippen LogP contribution in [0.2, 0.25) is 19.6 Å². The first kappa shape index (κ1) is 9.93. The summed E-state index contributed by atoms with van der Waals surface area (Å²) in [5.74, 6) is 0. The van der Waals surface area contributed by atoms with Gasteiger partial charge in [-0.05, 0) is 5.56 Å². The Labute approximate surface area is 87.8 Å². The zero-order valence-electron chi connectivity index (χ0n) is 9.33. The molecule has 2 atom stereocenters. The van der Waals surface area contributed by atoms with Crippen molar-refractivity contribution in [3.05, 3.63) is 35.9 Å². The van der Waals surface area contributed by atoms with Crippen molar-refractivity contribution in [1.29, 1.82) is 0 Å². The van der Waals surface area contributed by atoms with Crippen molar-refractivity contribution in [3.8, 4) is 0 Å². The molecular weight excluding hydrogens is 186 g/mol. The molecule has 1 aromatic carbocycles. The van der Waals surface area contributed by atoms with E-state index in [-0.39, 0.29) is 0 Å². The largest absolute Gasteiger partial charge is 0.296 e. The molecule has 1 saturated heterocycles. The molecule has 0 N–H and O–H groups in total. The van der Waals surface area contributed by atoms with Crippen LogP contribution in [0.3, 0.4) is 0 Å². The summed E-state index contributed by atoms with van der Waals surface area (Å²) in [6.45, 7) is 9.86. The van der Waals surface area contributed by atoms with Crippen LogP contribution in [0.4, 0.5) is 0 Å². The third-order valence-electron chi connectivity index (χ3n) is 2.94. The van der Waals surface area contributed by atoms with Gasteiger partial charge in [-0.15, -0.1) is 0 Å². The number of rotatable bonds is 3. The zero-order chi connectivity index (χ0) is 10.2. The maximum atomic E-state index is 2.60. The highest BCUT2D eigenvalue weighted by molar-refractivity contribution is 6.78. The molecule has 2 heteroatoms. The van der Waals surface area contributed by atoms with Gasteiger partial charge in [0.25, 0.3) is 0 Å². The van der Waals surface area contributed by atoms with Crippen molar-refractivity contribution in [2.75, 3.05) is 6.54 Å². The molecule has 1 nitrogen and oxygen atoms in total. The fourth-order valence-electron chi connectivity index (χ4n) is 1.99. The van der Waals surface area contributed by atoms with Crippen LogP contribution >= 0.6 is 0 Å². The van der Waals surface area contributed by atoms with Crippen LogP contribution in [0, 0.1) is 0 Å². The second-order valence-electron chi connectivity index (χ2n) is 5.30. The van der Waals surface area contributed by atoms with Crippen molar-refractivity contribution in [2.24, 2.45) is 0 Å². The van der Waals surface area contributed by atoms with Gasteiger partial charge >= 0.3 is 0 Å². The lowest BCUT2D eigenvalue weighted by Crippen LogP contribution is -2.31. The summed E-state index contributed by atoms with van der Waals surface area (Å²) in [5, 5.41) is 0. The molecule has 0 amide bonds. The molecule has 0 radical (unpaired) electrons. The van der Waals surface area contributed by atoms with Gasteiger partial charge in [-0.1, -0.05) is 50.0 Å². The molecule has 1 heterocycles. The summed E-state index contributed by atoms with van der Waals surface area (Å²) in [6.07, 6.45) is 0. The van der Waals surface area contributed by atoms with Gasteiger partial charge in [-0.2, -0.15) is 0 Å². The number of benzene rings is 1. The minimum absolute atomic E-state index is 0.914. The third kappa shape index (κ3) is 2.25. The molecule has 2 rings (SSSR count). The van der Waals surface area contributed by atoms with Gasteiger partial charge in [0.2, 0.25) is 0 Å². The molecule has 1 aliphatic heterocycles. The van der Waals surface area contributed by atoms with Crippen molar-refractivity contribution < 1.29 is 0 Å². The second kappa shape index (κ2) is 3.52. The Kier molecular flexibility index (Phi) is 2.50. The molecule has 1 aromatic rings. The Balaban J connectivity index is 1.91. The molecule has 0 aliphatic carbocycles. The molecule has 0 saturated carbocycles. The highest BCUT2D eigenvalue weighted by atomic mass is 28.3. The van der Waals surface area contributed by atoms with Gasteiger partial charge in [0.1, 0.15) is 0 Å². The monoisotopic (exact) mass is 205 g/mol. The minimum Gasteiger partial charge on any atom is -0.296 e. The van der Waals surface area contributed by atoms with E-state index >= 15 is 0 Å². The summed E-state index contributed by atoms with van der Waals surface area (Å²) < 4.78 is 0. The van der Waals surface area contributed by atoms with Gasteiger partial charge in [0, 0.05) is 18.8 Å². The highest BCUT2D eigenvalue weighted by Crippen LogP contribution is 2.29. The zero-order valence-corrected chi connectivity index (χ0v) is 10.3. The lowest BCUT2D eigenvalue weighted by Gasteiger charge is -2.15. The molecule has 1 unspecified atom stereocenters. The summed E-state index contributed by atoms with van der Waals surface area (Å²) in [5.41, 5.74) is 2.37. The van der Waals surface area contributed by atoms with Crippen LogP contribution in [-0.2, 0) is 6.54 Å². The van der Waals surface area contributed by atoms with Crippen molar-refractivity contribution >= 4 is 8.07 Å². The second-order valence-corrected chi connectivity index (χ2v) is 10.7. The smallest absolute Gasteiger partial charge is 0.0655 e. The first-order valence-electron chi connectivity index (χ1n) is 5.35. The van der Waals surface area contributed by atoms with Gasteiger partial charge in [-0.25, -0.2) is 0 Å². The van der Waals surface area contributed by atoms with E-state index in [2.05, 4.69) is 54.9 Å². The average molecular weight is 205 g/mol. The maximum absolute atomic E-state index is 2.60. The van der Waals surface area contributed by atoms with Crippen LogP contribution in [-0.4, -0.2) is 25.2 Å². The Morgan fingerprint density at radius 1 is 1.21 bits per heavy atom. The van der Waals surface area contributed by atoms with E-state index in [0.29, 0.717) is 0 Å². The lowest BCUT2D eigenvalue weighted by molar-refractivity contribution is 0.537. The van der Waals surface area contributed by atoms with Crippen molar-refractivity contribution in [2.45, 2.75) is 31.9 Å². The molecule has 14 heavy (non-hydrogen) atoms. The van der Waals surface area contributed by atoms with Gasteiger partial charge < -0.3 is 0 Å². The van der Waals surface area contributed by atoms with Gasteiger partial charge in [-0.3, -0.25) is 4.90 Å². The van der Waals surface area contributed by atoms with Crippen LogP contribution < -0.4 is 0 Å². The summed E-state index contributed by atoms with van der Waals surface area (Å²) in [4.78, 5) is 2.60. The first-order chi connectivity index (χ1) is 6.57. The van der Waals surface area contributed by atoms with Crippen LogP contribution in [0.1, 0.15) is 5.56 Å². The molecule has 0 spiro atoms. The first-order valence-corrected chi connectivity index (χ1v) is 8.93. The average Bonchev–Trinajstić information content (AvgIpc) is 2.85. The number of hydrogen-bond donors (Lipinski definition) is 0. The fraction of sp³-hybridized carbons (Fsp3) is 0.500. The van der Waals surface area contributed by atoms with E-state index in [1.54, 1.807) is 0 Å². The topological polar surface area (TPSA) is 3.01 Å². The maximum Gasteiger partial charge on any atom is 0.0655 e. The third-order valence-corrected chi connectivity index (χ3v) is 5.49. The standard InChI is InChI=1S/C12H19NSi/c1-14(2,3)12-10-13(12)9-11-7-5-4-6-8-11/h4-8,12H,9-10H2,1-3H3/t12-,13?/m1/s1. The van der Waals surface area contributed by atoms with Crippen LogP contribution in [0.25, 0.3) is 0 Å². The number of hydrogen-bond acceptors (Lipinski definition) is 1. The normalized spacial score (nSPS) is 26.2. The van der Waals surface area contributed by atoms with Crippen molar-refractivity contribution in [3.63, 3.8) is 0 Å². The Hall–Kier alpha value is -0.603. The van der Waals surface area contributed by atoms with E-state index in [1.165, 1.54) is 12.1 Å². The predicted molar refractivity (Wildman–Crippen MR) is 64.0 cm³/mol. The summed E-state index contributed by atoms with van der Waals surface area (Å²) in [6, 6.07) is 10.8. The van der Waals surface area contributed by atoms with E-state index in [9.17, 15) is 0 Å². The molecule has 76 valence electrons. The molecule has 0 aromatic heterocycles. The molecule has 0 bridgehead atoms. The van der Waals surface area contributed by atoms with Crippen LogP contribution in [0.15, 0.2) is 30.3 Å². The van der Waals surface area contributed by atoms with Gasteiger partial charge in [0.05, 0.1) is 8.07 Å². The van der Waals surface area contributed by atoms with Crippen LogP contribution in [0.5, 0.6) is 0 Å². The lowest BCUT2D eigenvalue weighted by atomic mass is 10.2.